The second-order valence-corrected chi connectivity index (χ2v) is 14.6. The number of hydrogen-bond acceptors (Lipinski definition) is 12. The summed E-state index contributed by atoms with van der Waals surface area (Å²) in [5, 5.41) is 26.3. The fourth-order valence-electron chi connectivity index (χ4n) is 6.06. The molecule has 14 nitrogen and oxygen atoms in total. The van der Waals surface area contributed by atoms with Crippen LogP contribution >= 0.6 is 15.9 Å². The van der Waals surface area contributed by atoms with E-state index in [1.165, 1.54) is 64.4 Å². The number of nitrogens with zero attached hydrogens (tertiary/aromatic N) is 5. The van der Waals surface area contributed by atoms with Gasteiger partial charge >= 0.3 is 12.7 Å². The number of halogens is 7. The molecule has 0 aliphatic carbocycles. The zero-order chi connectivity index (χ0) is 48.0. The third-order valence-electron chi connectivity index (χ3n) is 9.10. The molecular weight excluding hydrogens is 958 g/mol. The molecular formula is C46H37BrF6N6O8. The minimum Gasteiger partial charge on any atom is -0.406 e. The third kappa shape index (κ3) is 15.1. The number of ether oxygens (including phenoxy) is 2. The lowest BCUT2D eigenvalue weighted by Gasteiger charge is -2.08. The Morgan fingerprint density at radius 3 is 1.54 bits per heavy atom. The molecule has 0 aliphatic rings. The van der Waals surface area contributed by atoms with Crippen LogP contribution in [0.15, 0.2) is 152 Å². The highest BCUT2D eigenvalue weighted by Crippen LogP contribution is 2.28. The molecule has 3 N–H and O–H groups in total. The van der Waals surface area contributed by atoms with E-state index in [1.54, 1.807) is 12.3 Å². The first-order valence-corrected chi connectivity index (χ1v) is 20.9. The third-order valence-corrected chi connectivity index (χ3v) is 9.74. The average Bonchev–Trinajstić information content (AvgIpc) is 4.00. The van der Waals surface area contributed by atoms with Crippen molar-refractivity contribution in [3.8, 4) is 57.2 Å². The monoisotopic (exact) mass is 994 g/mol. The Balaban J connectivity index is 0.000000188. The first-order valence-electron chi connectivity index (χ1n) is 19.8. The number of aromatic nitrogens is 6. The number of hydrogen-bond donors (Lipinski definition) is 3. The van der Waals surface area contributed by atoms with E-state index in [4.69, 9.17) is 19.3 Å². The molecule has 4 aromatic heterocycles. The molecule has 348 valence electrons. The highest BCUT2D eigenvalue weighted by molar-refractivity contribution is 9.08. The summed E-state index contributed by atoms with van der Waals surface area (Å²) in [5.74, 6) is 0.00810. The minimum atomic E-state index is -4.77. The Kier molecular flexibility index (Phi) is 16.6. The van der Waals surface area contributed by atoms with Crippen molar-refractivity contribution in [2.75, 3.05) is 13.2 Å². The van der Waals surface area contributed by atoms with Crippen LogP contribution in [0.3, 0.4) is 0 Å². The van der Waals surface area contributed by atoms with E-state index in [-0.39, 0.29) is 59.3 Å². The molecule has 4 aromatic carbocycles. The maximum Gasteiger partial charge on any atom is 0.573 e. The number of nitrogens with one attached hydrogen (secondary N) is 1. The topological polar surface area (TPSA) is 192 Å². The van der Waals surface area contributed by atoms with E-state index in [0.29, 0.717) is 35.2 Å². The molecule has 0 radical (unpaired) electrons. The van der Waals surface area contributed by atoms with Gasteiger partial charge in [-0.3, -0.25) is 9.59 Å². The van der Waals surface area contributed by atoms with Gasteiger partial charge in [-0.2, -0.15) is 9.97 Å². The summed E-state index contributed by atoms with van der Waals surface area (Å²) in [6.07, 6.45) is -5.23. The highest BCUT2D eigenvalue weighted by Gasteiger charge is 2.32. The standard InChI is InChI=1S/C23H18F3N3O4.C14H8F3N3O3.C9H11BrO/c24-23(25,26)32-19-7-4-17(5-8-19)21-27-22(33-28-21)18-6-9-20(31)29(14-18)13-16-3-1-2-15(12-16)10-11-30;15-14(16,17)22-10-4-1-8(2-5-10)12-19-13(23-20-12)9-3-6-11(21)18-7-9;10-7-9-3-1-2-8(6-9)4-5-11/h1-9,12,14,30H,10-11,13H2;1-7H,(H,18,21);1-3,6,11H,4-5,7H2. The first-order chi connectivity index (χ1) is 32.1. The highest BCUT2D eigenvalue weighted by atomic mass is 79.9. The molecule has 0 amide bonds. The average molecular weight is 996 g/mol. The van der Waals surface area contributed by atoms with Crippen LogP contribution in [-0.2, 0) is 24.7 Å². The molecule has 0 spiro atoms. The van der Waals surface area contributed by atoms with Gasteiger partial charge in [-0.25, -0.2) is 0 Å². The predicted molar refractivity (Wildman–Crippen MR) is 235 cm³/mol. The summed E-state index contributed by atoms with van der Waals surface area (Å²) in [6, 6.07) is 31.7. The van der Waals surface area contributed by atoms with Crippen molar-refractivity contribution in [3.63, 3.8) is 0 Å². The number of aliphatic hydroxyl groups excluding tert-OH is 2. The number of alkyl halides is 7. The molecule has 0 aliphatic heterocycles. The molecule has 0 atom stereocenters. The van der Waals surface area contributed by atoms with Crippen molar-refractivity contribution in [1.82, 2.24) is 29.8 Å². The van der Waals surface area contributed by atoms with Crippen LogP contribution in [0.1, 0.15) is 22.3 Å². The lowest BCUT2D eigenvalue weighted by molar-refractivity contribution is -0.275. The van der Waals surface area contributed by atoms with Gasteiger partial charge in [0.15, 0.2) is 0 Å². The maximum atomic E-state index is 12.3. The molecule has 8 rings (SSSR count). The first kappa shape index (κ1) is 49.1. The van der Waals surface area contributed by atoms with E-state index >= 15 is 0 Å². The van der Waals surface area contributed by atoms with Crippen LogP contribution in [0.4, 0.5) is 26.3 Å². The molecule has 21 heteroatoms. The molecule has 0 saturated heterocycles. The van der Waals surface area contributed by atoms with Gasteiger partial charge in [0.05, 0.1) is 17.7 Å². The van der Waals surface area contributed by atoms with Gasteiger partial charge in [0.1, 0.15) is 11.5 Å². The van der Waals surface area contributed by atoms with Crippen LogP contribution in [0.2, 0.25) is 0 Å². The maximum absolute atomic E-state index is 12.3. The fraction of sp³-hybridized carbons (Fsp3) is 0.174. The molecule has 0 fully saturated rings. The SMILES string of the molecule is O=c1ccc(-c2nc(-c3ccc(OC(F)(F)F)cc3)no2)c[nH]1.O=c1ccc(-c2nc(-c3ccc(OC(F)(F)F)cc3)no2)cn1Cc1cccc(CCO)c1.OCCc1cccc(CBr)c1. The van der Waals surface area contributed by atoms with Crippen LogP contribution in [0, 0.1) is 0 Å². The molecule has 0 bridgehead atoms. The zero-order valence-corrected chi connectivity index (χ0v) is 36.3. The Morgan fingerprint density at radius 2 is 1.06 bits per heavy atom. The zero-order valence-electron chi connectivity index (χ0n) is 34.7. The molecule has 4 heterocycles. The smallest absolute Gasteiger partial charge is 0.406 e. The lowest BCUT2D eigenvalue weighted by Crippen LogP contribution is -2.19. The van der Waals surface area contributed by atoms with Crippen molar-refractivity contribution < 1.29 is 55.1 Å². The van der Waals surface area contributed by atoms with E-state index in [1.807, 2.05) is 36.4 Å². The van der Waals surface area contributed by atoms with Crippen LogP contribution in [0.5, 0.6) is 11.5 Å². The lowest BCUT2D eigenvalue weighted by atomic mass is 10.1. The number of benzene rings is 4. The summed E-state index contributed by atoms with van der Waals surface area (Å²) in [5.41, 5.74) is 5.75. The van der Waals surface area contributed by atoms with Crippen LogP contribution < -0.4 is 20.6 Å². The van der Waals surface area contributed by atoms with Gasteiger partial charge in [0.2, 0.25) is 17.2 Å². The second kappa shape index (κ2) is 22.7. The van der Waals surface area contributed by atoms with Gasteiger partial charge in [-0.05, 0) is 95.8 Å². The minimum absolute atomic E-state index is 0.0382. The molecule has 67 heavy (non-hydrogen) atoms. The van der Waals surface area contributed by atoms with Crippen molar-refractivity contribution in [2.45, 2.75) is 37.4 Å². The number of H-pyrrole nitrogens is 1. The van der Waals surface area contributed by atoms with Gasteiger partial charge in [0.25, 0.3) is 17.3 Å². The fourth-order valence-corrected chi connectivity index (χ4v) is 6.41. The van der Waals surface area contributed by atoms with E-state index in [0.717, 1.165) is 47.1 Å². The van der Waals surface area contributed by atoms with Crippen molar-refractivity contribution in [2.24, 2.45) is 0 Å². The number of rotatable bonds is 13. The summed E-state index contributed by atoms with van der Waals surface area (Å²) in [7, 11) is 0. The number of aromatic amines is 1. The number of pyridine rings is 2. The summed E-state index contributed by atoms with van der Waals surface area (Å²) in [4.78, 5) is 34.2. The predicted octanol–water partition coefficient (Wildman–Crippen LogP) is 9.15. The number of aliphatic hydroxyl groups is 2. The summed E-state index contributed by atoms with van der Waals surface area (Å²) in [6.45, 7) is 0.579. The molecule has 0 saturated carbocycles. The second-order valence-electron chi connectivity index (χ2n) is 14.0. The van der Waals surface area contributed by atoms with Crippen molar-refractivity contribution in [1.29, 1.82) is 0 Å². The van der Waals surface area contributed by atoms with Crippen LogP contribution in [0.25, 0.3) is 45.7 Å². The van der Waals surface area contributed by atoms with Gasteiger partial charge < -0.3 is 38.3 Å². The van der Waals surface area contributed by atoms with E-state index in [9.17, 15) is 35.9 Å². The Labute approximate surface area is 384 Å². The largest absolute Gasteiger partial charge is 0.573 e. The normalized spacial score (nSPS) is 11.2. The van der Waals surface area contributed by atoms with Crippen molar-refractivity contribution >= 4 is 15.9 Å². The van der Waals surface area contributed by atoms with Gasteiger partial charge in [-0.1, -0.05) is 74.8 Å². The summed E-state index contributed by atoms with van der Waals surface area (Å²) < 4.78 is 92.7. The van der Waals surface area contributed by atoms with E-state index in [2.05, 4.69) is 62.8 Å². The van der Waals surface area contributed by atoms with Gasteiger partial charge in [-0.15, -0.1) is 26.3 Å². The van der Waals surface area contributed by atoms with Crippen LogP contribution in [-0.4, -0.2) is 66.0 Å². The Morgan fingerprint density at radius 1 is 0.597 bits per heavy atom. The van der Waals surface area contributed by atoms with Gasteiger partial charge in [0, 0.05) is 54.2 Å². The quantitative estimate of drug-likeness (QED) is 0.0734. The Bertz CT molecular complexity index is 2930. The summed E-state index contributed by atoms with van der Waals surface area (Å²) >= 11 is 3.38. The molecule has 0 unspecified atom stereocenters. The van der Waals surface area contributed by atoms with Crippen molar-refractivity contribution in [3.05, 3.63) is 177 Å². The Hall–Kier alpha value is -7.36. The van der Waals surface area contributed by atoms with E-state index < -0.39 is 12.7 Å². The molecule has 8 aromatic rings.